The maximum absolute atomic E-state index is 10.2. The van der Waals surface area contributed by atoms with Crippen LogP contribution in [0, 0.1) is 5.92 Å². The Morgan fingerprint density at radius 2 is 1.18 bits per heavy atom. The first-order valence-corrected chi connectivity index (χ1v) is 7.94. The van der Waals surface area contributed by atoms with E-state index in [9.17, 15) is 5.11 Å². The van der Waals surface area contributed by atoms with Crippen LogP contribution < -0.4 is 0 Å². The van der Waals surface area contributed by atoms with Crippen LogP contribution in [0.4, 0.5) is 0 Å². The summed E-state index contributed by atoms with van der Waals surface area (Å²) in [5.74, 6) is 0.556. The van der Waals surface area contributed by atoms with Crippen molar-refractivity contribution in [1.29, 1.82) is 0 Å². The van der Waals surface area contributed by atoms with Gasteiger partial charge in [0.05, 0.1) is 6.10 Å². The van der Waals surface area contributed by atoms with Gasteiger partial charge in [0.2, 0.25) is 0 Å². The molecule has 0 amide bonds. The highest BCUT2D eigenvalue weighted by Gasteiger charge is 2.16. The Morgan fingerprint density at radius 1 is 0.647 bits per heavy atom. The van der Waals surface area contributed by atoms with Gasteiger partial charge in [-0.25, -0.2) is 0 Å². The largest absolute Gasteiger partial charge is 0.393 e. The van der Waals surface area contributed by atoms with E-state index in [-0.39, 0.29) is 6.10 Å². The fraction of sp³-hybridized carbons (Fsp3) is 1.00. The Kier molecular flexibility index (Phi) is 12.4. The Morgan fingerprint density at radius 3 is 1.71 bits per heavy atom. The standard InChI is InChI=1S/C16H34O/c1-4-7-8-9-10-11-14-16(17)15(12-5-2)13-6-3/h15-17H,4-14H2,1-3H3. The van der Waals surface area contributed by atoms with E-state index in [2.05, 4.69) is 20.8 Å². The van der Waals surface area contributed by atoms with Crippen LogP contribution in [-0.4, -0.2) is 11.2 Å². The van der Waals surface area contributed by atoms with E-state index < -0.39 is 0 Å². The molecule has 1 atom stereocenters. The van der Waals surface area contributed by atoms with Crippen LogP contribution in [0.5, 0.6) is 0 Å². The third-order valence-corrected chi connectivity index (χ3v) is 3.72. The monoisotopic (exact) mass is 242 g/mol. The summed E-state index contributed by atoms with van der Waals surface area (Å²) in [7, 11) is 0. The van der Waals surface area contributed by atoms with Gasteiger partial charge in [0.1, 0.15) is 0 Å². The highest BCUT2D eigenvalue weighted by atomic mass is 16.3. The van der Waals surface area contributed by atoms with Crippen molar-refractivity contribution >= 4 is 0 Å². The average Bonchev–Trinajstić information content (AvgIpc) is 2.33. The van der Waals surface area contributed by atoms with E-state index >= 15 is 0 Å². The summed E-state index contributed by atoms with van der Waals surface area (Å²) < 4.78 is 0. The van der Waals surface area contributed by atoms with Crippen molar-refractivity contribution < 1.29 is 5.11 Å². The second-order valence-electron chi connectivity index (χ2n) is 5.46. The topological polar surface area (TPSA) is 20.2 Å². The van der Waals surface area contributed by atoms with Gasteiger partial charge in [-0.2, -0.15) is 0 Å². The molecule has 0 heterocycles. The van der Waals surface area contributed by atoms with Crippen molar-refractivity contribution in [2.75, 3.05) is 0 Å². The van der Waals surface area contributed by atoms with Gasteiger partial charge >= 0.3 is 0 Å². The Bertz CT molecular complexity index is 138. The van der Waals surface area contributed by atoms with Gasteiger partial charge < -0.3 is 5.11 Å². The molecule has 104 valence electrons. The third-order valence-electron chi connectivity index (χ3n) is 3.72. The molecule has 0 bridgehead atoms. The molecule has 0 aromatic heterocycles. The number of rotatable bonds is 12. The molecule has 0 fully saturated rings. The van der Waals surface area contributed by atoms with E-state index in [0.29, 0.717) is 5.92 Å². The number of hydrogen-bond acceptors (Lipinski definition) is 1. The van der Waals surface area contributed by atoms with E-state index in [1.54, 1.807) is 0 Å². The van der Waals surface area contributed by atoms with Gasteiger partial charge in [0, 0.05) is 0 Å². The molecule has 0 aliphatic heterocycles. The van der Waals surface area contributed by atoms with Crippen LogP contribution in [0.2, 0.25) is 0 Å². The summed E-state index contributed by atoms with van der Waals surface area (Å²) in [6.45, 7) is 6.70. The molecule has 17 heavy (non-hydrogen) atoms. The quantitative estimate of drug-likeness (QED) is 0.460. The minimum absolute atomic E-state index is 0.0407. The molecular weight excluding hydrogens is 208 g/mol. The predicted octanol–water partition coefficient (Wildman–Crippen LogP) is 5.31. The van der Waals surface area contributed by atoms with Gasteiger partial charge in [-0.15, -0.1) is 0 Å². The van der Waals surface area contributed by atoms with Crippen LogP contribution in [-0.2, 0) is 0 Å². The minimum atomic E-state index is -0.0407. The summed E-state index contributed by atoms with van der Waals surface area (Å²) in [5, 5.41) is 10.2. The van der Waals surface area contributed by atoms with Crippen LogP contribution in [0.25, 0.3) is 0 Å². The van der Waals surface area contributed by atoms with Crippen molar-refractivity contribution in [2.45, 2.75) is 97.5 Å². The lowest BCUT2D eigenvalue weighted by atomic mass is 9.89. The van der Waals surface area contributed by atoms with Gasteiger partial charge in [-0.05, 0) is 25.2 Å². The van der Waals surface area contributed by atoms with Crippen LogP contribution in [0.15, 0.2) is 0 Å². The molecule has 0 rings (SSSR count). The van der Waals surface area contributed by atoms with Crippen molar-refractivity contribution in [3.63, 3.8) is 0 Å². The molecule has 0 radical (unpaired) electrons. The molecule has 1 nitrogen and oxygen atoms in total. The predicted molar refractivity (Wildman–Crippen MR) is 77.3 cm³/mol. The maximum atomic E-state index is 10.2. The first-order valence-electron chi connectivity index (χ1n) is 7.94. The SMILES string of the molecule is CCCCCCCCC(O)C(CCC)CCC. The molecule has 0 saturated heterocycles. The smallest absolute Gasteiger partial charge is 0.0568 e. The van der Waals surface area contributed by atoms with Crippen LogP contribution in [0.1, 0.15) is 91.4 Å². The Balaban J connectivity index is 3.55. The van der Waals surface area contributed by atoms with E-state index in [0.717, 1.165) is 6.42 Å². The summed E-state index contributed by atoms with van der Waals surface area (Å²) in [6, 6.07) is 0. The molecule has 1 N–H and O–H groups in total. The summed E-state index contributed by atoms with van der Waals surface area (Å²) in [6.07, 6.45) is 13.7. The van der Waals surface area contributed by atoms with Gasteiger partial charge in [-0.1, -0.05) is 72.1 Å². The molecule has 0 spiro atoms. The normalized spacial score (nSPS) is 13.2. The first kappa shape index (κ1) is 17.0. The molecule has 0 aliphatic rings. The number of hydrogen-bond donors (Lipinski definition) is 1. The fourth-order valence-corrected chi connectivity index (χ4v) is 2.64. The molecular formula is C16H34O. The molecule has 0 aliphatic carbocycles. The van der Waals surface area contributed by atoms with Crippen molar-refractivity contribution in [1.82, 2.24) is 0 Å². The number of aliphatic hydroxyl groups is 1. The molecule has 0 aromatic rings. The van der Waals surface area contributed by atoms with E-state index in [1.165, 1.54) is 64.2 Å². The van der Waals surface area contributed by atoms with Crippen molar-refractivity contribution in [2.24, 2.45) is 5.92 Å². The Hall–Kier alpha value is -0.0400. The van der Waals surface area contributed by atoms with Crippen molar-refractivity contribution in [3.05, 3.63) is 0 Å². The highest BCUT2D eigenvalue weighted by molar-refractivity contribution is 4.68. The minimum Gasteiger partial charge on any atom is -0.393 e. The summed E-state index contributed by atoms with van der Waals surface area (Å²) >= 11 is 0. The zero-order chi connectivity index (χ0) is 12.9. The Labute approximate surface area is 109 Å². The lowest BCUT2D eigenvalue weighted by Gasteiger charge is -2.22. The second-order valence-corrected chi connectivity index (χ2v) is 5.46. The zero-order valence-electron chi connectivity index (χ0n) is 12.4. The van der Waals surface area contributed by atoms with E-state index in [1.807, 2.05) is 0 Å². The molecule has 0 aromatic carbocycles. The van der Waals surface area contributed by atoms with Crippen molar-refractivity contribution in [3.8, 4) is 0 Å². The summed E-state index contributed by atoms with van der Waals surface area (Å²) in [5.41, 5.74) is 0. The van der Waals surface area contributed by atoms with Gasteiger partial charge in [0.25, 0.3) is 0 Å². The van der Waals surface area contributed by atoms with Crippen LogP contribution in [0.3, 0.4) is 0 Å². The number of unbranched alkanes of at least 4 members (excludes halogenated alkanes) is 5. The lowest BCUT2D eigenvalue weighted by Crippen LogP contribution is -2.20. The maximum Gasteiger partial charge on any atom is 0.0568 e. The summed E-state index contributed by atoms with van der Waals surface area (Å²) in [4.78, 5) is 0. The molecule has 1 unspecified atom stereocenters. The van der Waals surface area contributed by atoms with Gasteiger partial charge in [-0.3, -0.25) is 0 Å². The second kappa shape index (κ2) is 12.4. The molecule has 0 saturated carbocycles. The molecule has 1 heteroatoms. The van der Waals surface area contributed by atoms with Gasteiger partial charge in [0.15, 0.2) is 0 Å². The number of aliphatic hydroxyl groups excluding tert-OH is 1. The lowest BCUT2D eigenvalue weighted by molar-refractivity contribution is 0.0852. The highest BCUT2D eigenvalue weighted by Crippen LogP contribution is 2.22. The average molecular weight is 242 g/mol. The first-order chi connectivity index (χ1) is 8.26. The van der Waals surface area contributed by atoms with Crippen LogP contribution >= 0.6 is 0 Å². The fourth-order valence-electron chi connectivity index (χ4n) is 2.64. The zero-order valence-corrected chi connectivity index (χ0v) is 12.4. The third kappa shape index (κ3) is 9.64. The van der Waals surface area contributed by atoms with E-state index in [4.69, 9.17) is 0 Å².